The average Bonchev–Trinajstić information content (AvgIpc) is 2.16. The van der Waals surface area contributed by atoms with Crippen molar-refractivity contribution < 1.29 is 17.9 Å². The van der Waals surface area contributed by atoms with E-state index in [1.807, 2.05) is 0 Å². The Balaban J connectivity index is 2.50. The van der Waals surface area contributed by atoms with Gasteiger partial charge in [-0.15, -0.1) is 0 Å². The van der Waals surface area contributed by atoms with Crippen molar-refractivity contribution in [1.82, 2.24) is 0 Å². The Hall–Kier alpha value is -1.02. The van der Waals surface area contributed by atoms with E-state index in [2.05, 4.69) is 16.6 Å². The van der Waals surface area contributed by atoms with Crippen LogP contribution in [0, 0.1) is 17.8 Å². The first-order valence-corrected chi connectivity index (χ1v) is 6.15. The lowest BCUT2D eigenvalue weighted by atomic mass is 10.0. The highest BCUT2D eigenvalue weighted by Gasteiger charge is 2.22. The molecule has 0 spiro atoms. The van der Waals surface area contributed by atoms with Crippen LogP contribution in [0.2, 0.25) is 0 Å². The molecule has 1 aliphatic rings. The zero-order chi connectivity index (χ0) is 10.6. The molecule has 78 valence electrons. The minimum atomic E-state index is -2.84. The van der Waals surface area contributed by atoms with Gasteiger partial charge in [-0.05, 0) is 12.8 Å². The van der Waals surface area contributed by atoms with Gasteiger partial charge in [0.25, 0.3) is 0 Å². The van der Waals surface area contributed by atoms with Gasteiger partial charge in [0.1, 0.15) is 9.84 Å². The molecular weight excluding hydrogens is 204 g/mol. The molecule has 1 aliphatic heterocycles. The van der Waals surface area contributed by atoms with Crippen LogP contribution >= 0.6 is 0 Å². The molecule has 0 aliphatic carbocycles. The van der Waals surface area contributed by atoms with E-state index in [0.29, 0.717) is 12.8 Å². The van der Waals surface area contributed by atoms with Crippen LogP contribution in [0.25, 0.3) is 0 Å². The molecule has 0 N–H and O–H groups in total. The van der Waals surface area contributed by atoms with E-state index < -0.39 is 15.8 Å². The van der Waals surface area contributed by atoms with Crippen LogP contribution in [0.4, 0.5) is 0 Å². The molecule has 5 heteroatoms. The third-order valence-electron chi connectivity index (χ3n) is 2.12. The lowest BCUT2D eigenvalue weighted by molar-refractivity contribution is -0.133. The monoisotopic (exact) mass is 216 g/mol. The Morgan fingerprint density at radius 1 is 1.36 bits per heavy atom. The second kappa shape index (κ2) is 4.47. The second-order valence-corrected chi connectivity index (χ2v) is 5.49. The molecule has 0 aromatic carbocycles. The fourth-order valence-corrected chi connectivity index (χ4v) is 2.74. The van der Waals surface area contributed by atoms with Crippen LogP contribution in [0.3, 0.4) is 0 Å². The summed E-state index contributed by atoms with van der Waals surface area (Å²) in [6, 6.07) is 0. The van der Waals surface area contributed by atoms with Gasteiger partial charge in [-0.1, -0.05) is 5.92 Å². The van der Waals surface area contributed by atoms with Gasteiger partial charge in [-0.25, -0.2) is 13.2 Å². The zero-order valence-electron chi connectivity index (χ0n) is 7.95. The Morgan fingerprint density at radius 2 is 1.93 bits per heavy atom. The standard InChI is InChI=1S/C9H12O4S/c1-13-9(10)3-2-8-4-6-14(11,12)7-5-8/h8H,4-7H2,1H3. The van der Waals surface area contributed by atoms with Gasteiger partial charge in [-0.3, -0.25) is 0 Å². The number of ether oxygens (including phenoxy) is 1. The molecule has 0 unspecified atom stereocenters. The predicted octanol–water partition coefficient (Wildman–Crippen LogP) is -0.0124. The van der Waals surface area contributed by atoms with Crippen LogP contribution in [-0.2, 0) is 19.4 Å². The molecule has 0 saturated carbocycles. The third kappa shape index (κ3) is 3.38. The van der Waals surface area contributed by atoms with Crippen molar-refractivity contribution in [3.05, 3.63) is 0 Å². The minimum absolute atomic E-state index is 0.0117. The maximum absolute atomic E-state index is 11.1. The van der Waals surface area contributed by atoms with Gasteiger partial charge in [0.15, 0.2) is 0 Å². The second-order valence-electron chi connectivity index (χ2n) is 3.19. The van der Waals surface area contributed by atoms with E-state index in [-0.39, 0.29) is 17.4 Å². The predicted molar refractivity (Wildman–Crippen MR) is 51.2 cm³/mol. The third-order valence-corrected chi connectivity index (χ3v) is 3.83. The summed E-state index contributed by atoms with van der Waals surface area (Å²) in [4.78, 5) is 10.7. The number of methoxy groups -OCH3 is 1. The first-order chi connectivity index (χ1) is 6.53. The van der Waals surface area contributed by atoms with Crippen LogP contribution in [0.15, 0.2) is 0 Å². The van der Waals surface area contributed by atoms with Crippen LogP contribution in [0.5, 0.6) is 0 Å². The van der Waals surface area contributed by atoms with Crippen LogP contribution in [0.1, 0.15) is 12.8 Å². The van der Waals surface area contributed by atoms with Gasteiger partial charge < -0.3 is 4.74 Å². The highest BCUT2D eigenvalue weighted by atomic mass is 32.2. The molecule has 1 heterocycles. The van der Waals surface area contributed by atoms with E-state index >= 15 is 0 Å². The number of carbonyl (C=O) groups excluding carboxylic acids is 1. The topological polar surface area (TPSA) is 60.4 Å². The van der Waals surface area contributed by atoms with Crippen molar-refractivity contribution in [2.75, 3.05) is 18.6 Å². The Morgan fingerprint density at radius 3 is 2.43 bits per heavy atom. The normalized spacial score (nSPS) is 20.6. The van der Waals surface area contributed by atoms with Gasteiger partial charge in [0.2, 0.25) is 0 Å². The van der Waals surface area contributed by atoms with E-state index in [9.17, 15) is 13.2 Å². The lowest BCUT2D eigenvalue weighted by Crippen LogP contribution is -2.22. The van der Waals surface area contributed by atoms with Gasteiger partial charge in [0.05, 0.1) is 18.6 Å². The molecule has 0 atom stereocenters. The highest BCUT2D eigenvalue weighted by molar-refractivity contribution is 7.91. The summed E-state index contributed by atoms with van der Waals surface area (Å²) >= 11 is 0. The summed E-state index contributed by atoms with van der Waals surface area (Å²) in [5, 5.41) is 0. The lowest BCUT2D eigenvalue weighted by Gasteiger charge is -2.16. The number of rotatable bonds is 0. The summed E-state index contributed by atoms with van der Waals surface area (Å²) in [6.45, 7) is 0. The first-order valence-electron chi connectivity index (χ1n) is 4.33. The summed E-state index contributed by atoms with van der Waals surface area (Å²) in [6.07, 6.45) is 1.04. The van der Waals surface area contributed by atoms with Crippen molar-refractivity contribution >= 4 is 15.8 Å². The maximum Gasteiger partial charge on any atom is 0.384 e. The van der Waals surface area contributed by atoms with Gasteiger partial charge in [-0.2, -0.15) is 0 Å². The van der Waals surface area contributed by atoms with Crippen LogP contribution in [-0.4, -0.2) is 33.0 Å². The molecule has 1 rings (SSSR count). The number of hydrogen-bond donors (Lipinski definition) is 0. The smallest absolute Gasteiger partial charge is 0.384 e. The molecule has 1 fully saturated rings. The van der Waals surface area contributed by atoms with Crippen molar-refractivity contribution in [2.24, 2.45) is 5.92 Å². The van der Waals surface area contributed by atoms with Crippen molar-refractivity contribution in [3.63, 3.8) is 0 Å². The number of carbonyl (C=O) groups is 1. The molecule has 4 nitrogen and oxygen atoms in total. The Kier molecular flexibility index (Phi) is 3.53. The molecule has 14 heavy (non-hydrogen) atoms. The quantitative estimate of drug-likeness (QED) is 0.324. The molecule has 0 radical (unpaired) electrons. The van der Waals surface area contributed by atoms with E-state index in [1.54, 1.807) is 0 Å². The molecule has 0 amide bonds. The van der Waals surface area contributed by atoms with E-state index in [1.165, 1.54) is 7.11 Å². The fourth-order valence-electron chi connectivity index (χ4n) is 1.25. The Labute approximate surface area is 83.6 Å². The zero-order valence-corrected chi connectivity index (χ0v) is 8.76. The largest absolute Gasteiger partial charge is 0.459 e. The van der Waals surface area contributed by atoms with Crippen LogP contribution < -0.4 is 0 Å². The average molecular weight is 216 g/mol. The first kappa shape index (κ1) is 11.1. The minimum Gasteiger partial charge on any atom is -0.459 e. The van der Waals surface area contributed by atoms with E-state index in [0.717, 1.165) is 0 Å². The molecule has 0 aromatic heterocycles. The van der Waals surface area contributed by atoms with Gasteiger partial charge in [0, 0.05) is 11.8 Å². The molecule has 1 saturated heterocycles. The number of hydrogen-bond acceptors (Lipinski definition) is 4. The SMILES string of the molecule is COC(=O)C#CC1CCS(=O)(=O)CC1. The van der Waals surface area contributed by atoms with Gasteiger partial charge >= 0.3 is 5.97 Å². The summed E-state index contributed by atoms with van der Waals surface area (Å²) in [5.74, 6) is 4.83. The number of sulfone groups is 1. The maximum atomic E-state index is 11.1. The Bertz CT molecular complexity index is 357. The summed E-state index contributed by atoms with van der Waals surface area (Å²) in [5.41, 5.74) is 0. The van der Waals surface area contributed by atoms with E-state index in [4.69, 9.17) is 0 Å². The van der Waals surface area contributed by atoms with Crippen molar-refractivity contribution in [3.8, 4) is 11.8 Å². The number of esters is 1. The molecule has 0 bridgehead atoms. The summed E-state index contributed by atoms with van der Waals surface area (Å²) in [7, 11) is -1.58. The van der Waals surface area contributed by atoms with Crippen molar-refractivity contribution in [2.45, 2.75) is 12.8 Å². The highest BCUT2D eigenvalue weighted by Crippen LogP contribution is 2.17. The molecule has 0 aromatic rings. The fraction of sp³-hybridized carbons (Fsp3) is 0.667. The van der Waals surface area contributed by atoms with Crippen molar-refractivity contribution in [1.29, 1.82) is 0 Å². The summed E-state index contributed by atoms with van der Waals surface area (Å²) < 4.78 is 26.5. The molecular formula is C9H12O4S.